The Morgan fingerprint density at radius 1 is 1.07 bits per heavy atom. The van der Waals surface area contributed by atoms with Crippen molar-refractivity contribution in [1.29, 1.82) is 0 Å². The van der Waals surface area contributed by atoms with Gasteiger partial charge in [-0.3, -0.25) is 9.32 Å². The van der Waals surface area contributed by atoms with Gasteiger partial charge in [0.25, 0.3) is 0 Å². The van der Waals surface area contributed by atoms with E-state index in [1.165, 1.54) is 30.4 Å². The molecule has 0 fully saturated rings. The molecule has 1 atom stereocenters. The zero-order chi connectivity index (χ0) is 20.8. The predicted octanol–water partition coefficient (Wildman–Crippen LogP) is 3.11. The summed E-state index contributed by atoms with van der Waals surface area (Å²) in [5.41, 5.74) is 2.81. The minimum absolute atomic E-state index is 0.256. The summed E-state index contributed by atoms with van der Waals surface area (Å²) >= 11 is 0. The highest BCUT2D eigenvalue weighted by molar-refractivity contribution is 7.46. The molecule has 160 valence electrons. The number of carbonyl (C=O) groups is 1. The summed E-state index contributed by atoms with van der Waals surface area (Å²) in [4.78, 5) is 29.2. The first-order valence-corrected chi connectivity index (χ1v) is 11.6. The Balaban J connectivity index is 2.26. The van der Waals surface area contributed by atoms with E-state index in [9.17, 15) is 9.36 Å². The van der Waals surface area contributed by atoms with Crippen molar-refractivity contribution in [2.45, 2.75) is 70.8 Å². The van der Waals surface area contributed by atoms with Gasteiger partial charge in [0.15, 0.2) is 0 Å². The fourth-order valence-electron chi connectivity index (χ4n) is 3.02. The van der Waals surface area contributed by atoms with Crippen LogP contribution in [0.4, 0.5) is 0 Å². The van der Waals surface area contributed by atoms with Crippen LogP contribution in [0.15, 0.2) is 24.3 Å². The topological polar surface area (TPSA) is 116 Å². The van der Waals surface area contributed by atoms with E-state index in [1.807, 2.05) is 0 Å². The molecule has 4 N–H and O–H groups in total. The zero-order valence-electron chi connectivity index (χ0n) is 16.7. The Labute approximate surface area is 167 Å². The summed E-state index contributed by atoms with van der Waals surface area (Å²) in [6.07, 6.45) is 8.74. The SMILES string of the molecule is CCCCCc1ccccc1CCCCCC(=O)N[C@H](CO)COP(=O)(O)O. The number of phosphoric acid groups is 1. The van der Waals surface area contributed by atoms with Crippen LogP contribution < -0.4 is 5.32 Å². The third-order valence-corrected chi connectivity index (χ3v) is 5.03. The Hall–Kier alpha value is -1.24. The van der Waals surface area contributed by atoms with Crippen LogP contribution in [-0.2, 0) is 26.7 Å². The van der Waals surface area contributed by atoms with Gasteiger partial charge in [0.2, 0.25) is 5.91 Å². The molecule has 0 spiro atoms. The van der Waals surface area contributed by atoms with Crippen LogP contribution in [0.1, 0.15) is 63.0 Å². The van der Waals surface area contributed by atoms with Crippen LogP contribution in [0.3, 0.4) is 0 Å². The van der Waals surface area contributed by atoms with Crippen LogP contribution >= 0.6 is 7.82 Å². The number of phosphoric ester groups is 1. The maximum atomic E-state index is 11.9. The summed E-state index contributed by atoms with van der Waals surface area (Å²) < 4.78 is 15.0. The van der Waals surface area contributed by atoms with Crippen molar-refractivity contribution in [3.63, 3.8) is 0 Å². The van der Waals surface area contributed by atoms with E-state index in [1.54, 1.807) is 0 Å². The minimum atomic E-state index is -4.61. The van der Waals surface area contributed by atoms with Crippen molar-refractivity contribution in [2.75, 3.05) is 13.2 Å². The predicted molar refractivity (Wildman–Crippen MR) is 109 cm³/mol. The van der Waals surface area contributed by atoms with Gasteiger partial charge in [0, 0.05) is 6.42 Å². The molecule has 0 aromatic heterocycles. The van der Waals surface area contributed by atoms with Crippen molar-refractivity contribution >= 4 is 13.7 Å². The Kier molecular flexibility index (Phi) is 12.3. The molecule has 1 amide bonds. The number of rotatable bonds is 15. The lowest BCUT2D eigenvalue weighted by molar-refractivity contribution is -0.122. The molecule has 8 heteroatoms. The van der Waals surface area contributed by atoms with E-state index < -0.39 is 27.1 Å². The van der Waals surface area contributed by atoms with Gasteiger partial charge in [-0.25, -0.2) is 4.57 Å². The Bertz CT molecular complexity index is 618. The monoisotopic (exact) mass is 415 g/mol. The molecule has 0 bridgehead atoms. The average Bonchev–Trinajstić information content (AvgIpc) is 2.65. The Morgan fingerprint density at radius 2 is 1.68 bits per heavy atom. The molecule has 7 nitrogen and oxygen atoms in total. The van der Waals surface area contributed by atoms with E-state index in [4.69, 9.17) is 14.9 Å². The molecule has 0 aliphatic rings. The van der Waals surface area contributed by atoms with Crippen LogP contribution in [-0.4, -0.2) is 40.1 Å². The third-order valence-electron chi connectivity index (χ3n) is 4.55. The van der Waals surface area contributed by atoms with Gasteiger partial charge in [0.05, 0.1) is 19.3 Å². The summed E-state index contributed by atoms with van der Waals surface area (Å²) in [5, 5.41) is 11.7. The van der Waals surface area contributed by atoms with Gasteiger partial charge in [-0.1, -0.05) is 50.5 Å². The highest BCUT2D eigenvalue weighted by Gasteiger charge is 2.19. The van der Waals surface area contributed by atoms with Crippen molar-refractivity contribution < 1.29 is 28.8 Å². The molecular weight excluding hydrogens is 381 g/mol. The zero-order valence-corrected chi connectivity index (χ0v) is 17.6. The molecule has 0 radical (unpaired) electrons. The summed E-state index contributed by atoms with van der Waals surface area (Å²) in [7, 11) is -4.61. The van der Waals surface area contributed by atoms with Crippen LogP contribution in [0, 0.1) is 0 Å². The maximum absolute atomic E-state index is 11.9. The highest BCUT2D eigenvalue weighted by atomic mass is 31.2. The van der Waals surface area contributed by atoms with Gasteiger partial charge < -0.3 is 20.2 Å². The van der Waals surface area contributed by atoms with Crippen molar-refractivity contribution in [3.05, 3.63) is 35.4 Å². The van der Waals surface area contributed by atoms with Crippen LogP contribution in [0.5, 0.6) is 0 Å². The Morgan fingerprint density at radius 3 is 2.21 bits per heavy atom. The molecule has 0 heterocycles. The first-order chi connectivity index (χ1) is 13.4. The molecule has 1 aromatic carbocycles. The second kappa shape index (κ2) is 13.9. The van der Waals surface area contributed by atoms with E-state index in [0.717, 1.165) is 32.1 Å². The number of benzene rings is 1. The molecule has 0 aliphatic carbocycles. The molecular formula is C20H34NO6P. The lowest BCUT2D eigenvalue weighted by Crippen LogP contribution is -2.40. The third kappa shape index (κ3) is 11.6. The van der Waals surface area contributed by atoms with E-state index in [0.29, 0.717) is 6.42 Å². The second-order valence-electron chi connectivity index (χ2n) is 7.02. The molecule has 0 saturated heterocycles. The van der Waals surface area contributed by atoms with Gasteiger partial charge >= 0.3 is 7.82 Å². The minimum Gasteiger partial charge on any atom is -0.394 e. The van der Waals surface area contributed by atoms with Gasteiger partial charge in [-0.2, -0.15) is 0 Å². The first kappa shape index (κ1) is 24.8. The van der Waals surface area contributed by atoms with Gasteiger partial charge in [-0.05, 0) is 43.2 Å². The largest absolute Gasteiger partial charge is 0.469 e. The molecule has 0 saturated carbocycles. The molecule has 1 rings (SSSR count). The number of amides is 1. The first-order valence-electron chi connectivity index (χ1n) is 10.0. The number of carbonyl (C=O) groups excluding carboxylic acids is 1. The van der Waals surface area contributed by atoms with E-state index >= 15 is 0 Å². The number of nitrogens with one attached hydrogen (secondary N) is 1. The van der Waals surface area contributed by atoms with E-state index in [-0.39, 0.29) is 5.91 Å². The smallest absolute Gasteiger partial charge is 0.394 e. The lowest BCUT2D eigenvalue weighted by Gasteiger charge is -2.16. The standard InChI is InChI=1S/C20H34NO6P/c1-2-3-5-10-17-12-8-9-13-18(17)11-6-4-7-14-20(23)21-19(15-22)16-27-28(24,25)26/h8-9,12-13,19,22H,2-7,10-11,14-16H2,1H3,(H,21,23)(H2,24,25,26)/t19-/m1/s1. The number of hydrogen-bond acceptors (Lipinski definition) is 4. The second-order valence-corrected chi connectivity index (χ2v) is 8.26. The highest BCUT2D eigenvalue weighted by Crippen LogP contribution is 2.35. The number of hydrogen-bond donors (Lipinski definition) is 4. The number of unbranched alkanes of at least 4 members (excludes halogenated alkanes) is 4. The van der Waals surface area contributed by atoms with Crippen molar-refractivity contribution in [2.24, 2.45) is 0 Å². The fraction of sp³-hybridized carbons (Fsp3) is 0.650. The lowest BCUT2D eigenvalue weighted by atomic mass is 9.97. The quantitative estimate of drug-likeness (QED) is 0.258. The fourth-order valence-corrected chi connectivity index (χ4v) is 3.39. The maximum Gasteiger partial charge on any atom is 0.469 e. The molecule has 0 unspecified atom stereocenters. The van der Waals surface area contributed by atoms with Gasteiger partial charge in [0.1, 0.15) is 0 Å². The van der Waals surface area contributed by atoms with Crippen molar-refractivity contribution in [3.8, 4) is 0 Å². The number of aryl methyl sites for hydroxylation is 2. The van der Waals surface area contributed by atoms with Crippen LogP contribution in [0.2, 0.25) is 0 Å². The van der Waals surface area contributed by atoms with E-state index in [2.05, 4.69) is 41.0 Å². The molecule has 0 aliphatic heterocycles. The summed E-state index contributed by atoms with van der Waals surface area (Å²) in [6, 6.07) is 7.72. The van der Waals surface area contributed by atoms with Crippen LogP contribution in [0.25, 0.3) is 0 Å². The summed E-state index contributed by atoms with van der Waals surface area (Å²) in [6.45, 7) is 1.33. The number of aliphatic hydroxyl groups excluding tert-OH is 1. The number of aliphatic hydroxyl groups is 1. The average molecular weight is 415 g/mol. The van der Waals surface area contributed by atoms with Gasteiger partial charge in [-0.15, -0.1) is 0 Å². The van der Waals surface area contributed by atoms with Crippen molar-refractivity contribution in [1.82, 2.24) is 5.32 Å². The molecule has 1 aromatic rings. The normalized spacial score (nSPS) is 12.7. The summed E-state index contributed by atoms with van der Waals surface area (Å²) in [5.74, 6) is -0.256. The molecule has 28 heavy (non-hydrogen) atoms.